The summed E-state index contributed by atoms with van der Waals surface area (Å²) < 4.78 is 27.3. The molecule has 0 N–H and O–H groups in total. The quantitative estimate of drug-likeness (QED) is 0.776. The van der Waals surface area contributed by atoms with Gasteiger partial charge in [0.1, 0.15) is 0 Å². The van der Waals surface area contributed by atoms with Crippen molar-refractivity contribution >= 4 is 24.0 Å². The summed E-state index contributed by atoms with van der Waals surface area (Å²) >= 11 is 0. The van der Waals surface area contributed by atoms with Gasteiger partial charge in [-0.05, 0) is 31.4 Å². The van der Waals surface area contributed by atoms with E-state index in [1.54, 1.807) is 24.3 Å². The van der Waals surface area contributed by atoms with E-state index < -0.39 is 18.1 Å². The molecule has 0 radical (unpaired) electrons. The number of rotatable bonds is 4. The second-order valence-corrected chi connectivity index (χ2v) is 15.2. The highest BCUT2D eigenvalue weighted by Gasteiger charge is 2.51. The van der Waals surface area contributed by atoms with Crippen molar-refractivity contribution in [2.45, 2.75) is 63.3 Å². The number of aryl methyl sites for hydroxylation is 1. The lowest BCUT2D eigenvalue weighted by Crippen LogP contribution is -2.42. The van der Waals surface area contributed by atoms with Crippen LogP contribution in [0.2, 0.25) is 25.2 Å². The Morgan fingerprint density at radius 3 is 2.09 bits per heavy atom. The first-order valence-electron chi connectivity index (χ1n) is 8.11. The molecule has 0 aliphatic carbocycles. The molecule has 1 aromatic carbocycles. The number of benzene rings is 1. The maximum atomic E-state index is 13.1. The standard InChI is InChI=1S/C17H27NO3SSi/c1-12(2)15-11-16(23(4,5)6)17(19)18(15)22(20,21)14-9-7-13(3)8-10-14/h7-10,12,15-16H,11H2,1-6H3/t15-,16?/m1/s1. The van der Waals surface area contributed by atoms with Crippen molar-refractivity contribution in [2.24, 2.45) is 5.92 Å². The summed E-state index contributed by atoms with van der Waals surface area (Å²) in [7, 11) is -5.55. The van der Waals surface area contributed by atoms with E-state index in [9.17, 15) is 13.2 Å². The first-order chi connectivity index (χ1) is 10.5. The number of amides is 1. The summed E-state index contributed by atoms with van der Waals surface area (Å²) in [6.07, 6.45) is 0.650. The number of carbonyl (C=O) groups is 1. The molecule has 1 amide bonds. The predicted molar refractivity (Wildman–Crippen MR) is 95.5 cm³/mol. The van der Waals surface area contributed by atoms with Gasteiger partial charge in [0.15, 0.2) is 0 Å². The maximum Gasteiger partial charge on any atom is 0.266 e. The summed E-state index contributed by atoms with van der Waals surface area (Å²) in [4.78, 5) is 13.1. The van der Waals surface area contributed by atoms with Crippen LogP contribution in [0.3, 0.4) is 0 Å². The van der Waals surface area contributed by atoms with Crippen LogP contribution in [-0.4, -0.2) is 32.7 Å². The first-order valence-corrected chi connectivity index (χ1v) is 13.1. The van der Waals surface area contributed by atoms with Crippen LogP contribution < -0.4 is 0 Å². The van der Waals surface area contributed by atoms with Crippen molar-refractivity contribution in [2.75, 3.05) is 0 Å². The molecule has 0 aromatic heterocycles. The van der Waals surface area contributed by atoms with Crippen LogP contribution in [0.1, 0.15) is 25.8 Å². The average Bonchev–Trinajstić information content (AvgIpc) is 2.77. The van der Waals surface area contributed by atoms with Crippen LogP contribution in [0.15, 0.2) is 29.2 Å². The first kappa shape index (κ1) is 18.2. The van der Waals surface area contributed by atoms with Crippen LogP contribution in [0.25, 0.3) is 0 Å². The van der Waals surface area contributed by atoms with E-state index in [-0.39, 0.29) is 28.3 Å². The van der Waals surface area contributed by atoms with E-state index in [2.05, 4.69) is 19.6 Å². The van der Waals surface area contributed by atoms with E-state index in [4.69, 9.17) is 0 Å². The lowest BCUT2D eigenvalue weighted by atomic mass is 10.0. The second-order valence-electron chi connectivity index (χ2n) is 7.92. The van der Waals surface area contributed by atoms with Crippen molar-refractivity contribution in [3.05, 3.63) is 29.8 Å². The van der Waals surface area contributed by atoms with Gasteiger partial charge in [0, 0.05) is 5.54 Å². The molecule has 128 valence electrons. The minimum atomic E-state index is -3.79. The third-order valence-electron chi connectivity index (χ3n) is 4.69. The van der Waals surface area contributed by atoms with Crippen LogP contribution in [0, 0.1) is 12.8 Å². The molecule has 1 aliphatic heterocycles. The number of hydrogen-bond donors (Lipinski definition) is 0. The topological polar surface area (TPSA) is 54.5 Å². The molecule has 2 rings (SSSR count). The van der Waals surface area contributed by atoms with Gasteiger partial charge >= 0.3 is 0 Å². The Balaban J connectivity index is 2.49. The summed E-state index contributed by atoms with van der Waals surface area (Å²) in [5.41, 5.74) is 0.868. The highest BCUT2D eigenvalue weighted by Crippen LogP contribution is 2.42. The molecule has 0 saturated carbocycles. The normalized spacial score (nSPS) is 22.9. The molecule has 0 bridgehead atoms. The minimum Gasteiger partial charge on any atom is -0.274 e. The zero-order valence-electron chi connectivity index (χ0n) is 14.8. The van der Waals surface area contributed by atoms with E-state index in [0.717, 1.165) is 5.56 Å². The Hall–Kier alpha value is -1.14. The van der Waals surface area contributed by atoms with E-state index in [1.165, 1.54) is 4.31 Å². The highest BCUT2D eigenvalue weighted by molar-refractivity contribution is 7.89. The molecule has 1 aromatic rings. The maximum absolute atomic E-state index is 13.1. The fraction of sp³-hybridized carbons (Fsp3) is 0.588. The molecule has 23 heavy (non-hydrogen) atoms. The van der Waals surface area contributed by atoms with Gasteiger partial charge < -0.3 is 0 Å². The molecule has 1 unspecified atom stereocenters. The third kappa shape index (κ3) is 3.38. The van der Waals surface area contributed by atoms with Crippen molar-refractivity contribution in [1.29, 1.82) is 0 Å². The second kappa shape index (κ2) is 6.05. The lowest BCUT2D eigenvalue weighted by molar-refractivity contribution is -0.124. The van der Waals surface area contributed by atoms with Crippen LogP contribution in [0.5, 0.6) is 0 Å². The Kier molecular flexibility index (Phi) is 4.79. The minimum absolute atomic E-state index is 0.112. The van der Waals surface area contributed by atoms with Crippen LogP contribution in [0.4, 0.5) is 0 Å². The average molecular weight is 354 g/mol. The van der Waals surface area contributed by atoms with E-state index >= 15 is 0 Å². The fourth-order valence-corrected chi connectivity index (χ4v) is 6.82. The van der Waals surface area contributed by atoms with Crippen molar-refractivity contribution in [1.82, 2.24) is 4.31 Å². The molecule has 0 spiro atoms. The van der Waals surface area contributed by atoms with Gasteiger partial charge in [-0.2, -0.15) is 0 Å². The zero-order valence-corrected chi connectivity index (χ0v) is 16.6. The van der Waals surface area contributed by atoms with Gasteiger partial charge in [0.05, 0.1) is 19.0 Å². The van der Waals surface area contributed by atoms with Crippen molar-refractivity contribution in [3.8, 4) is 0 Å². The summed E-state index contributed by atoms with van der Waals surface area (Å²) in [6.45, 7) is 12.3. The van der Waals surface area contributed by atoms with Gasteiger partial charge in [-0.1, -0.05) is 51.2 Å². The number of hydrogen-bond acceptors (Lipinski definition) is 3. The molecular formula is C17H27NO3SSi. The third-order valence-corrected chi connectivity index (χ3v) is 9.10. The van der Waals surface area contributed by atoms with Crippen LogP contribution in [-0.2, 0) is 14.8 Å². The molecule has 4 nitrogen and oxygen atoms in total. The molecule has 1 saturated heterocycles. The summed E-state index contributed by atoms with van der Waals surface area (Å²) in [6, 6.07) is 6.49. The Bertz CT molecular complexity index is 690. The van der Waals surface area contributed by atoms with E-state index in [1.807, 2.05) is 20.8 Å². The van der Waals surface area contributed by atoms with Gasteiger partial charge in [0.2, 0.25) is 5.91 Å². The number of sulfonamides is 1. The monoisotopic (exact) mass is 353 g/mol. The molecule has 6 heteroatoms. The predicted octanol–water partition coefficient (Wildman–Crippen LogP) is 3.65. The van der Waals surface area contributed by atoms with E-state index in [0.29, 0.717) is 6.42 Å². The van der Waals surface area contributed by atoms with Gasteiger partial charge in [0.25, 0.3) is 10.0 Å². The largest absolute Gasteiger partial charge is 0.274 e. The molecular weight excluding hydrogens is 326 g/mol. The van der Waals surface area contributed by atoms with Crippen LogP contribution >= 0.6 is 0 Å². The number of nitrogens with zero attached hydrogens (tertiary/aromatic N) is 1. The molecule has 1 aliphatic rings. The van der Waals surface area contributed by atoms with Gasteiger partial charge in [-0.15, -0.1) is 0 Å². The molecule has 1 heterocycles. The smallest absolute Gasteiger partial charge is 0.266 e. The summed E-state index contributed by atoms with van der Waals surface area (Å²) in [5, 5.41) is 0. The van der Waals surface area contributed by atoms with Gasteiger partial charge in [-0.3, -0.25) is 4.79 Å². The van der Waals surface area contributed by atoms with Gasteiger partial charge in [-0.25, -0.2) is 12.7 Å². The van der Waals surface area contributed by atoms with Crippen molar-refractivity contribution < 1.29 is 13.2 Å². The molecule has 2 atom stereocenters. The SMILES string of the molecule is Cc1ccc(S(=O)(=O)N2C(=O)C([Si](C)(C)C)C[C@@H]2C(C)C)cc1. The highest BCUT2D eigenvalue weighted by atomic mass is 32.2. The van der Waals surface area contributed by atoms with Crippen molar-refractivity contribution in [3.63, 3.8) is 0 Å². The number of carbonyl (C=O) groups excluding carboxylic acids is 1. The zero-order chi connectivity index (χ0) is 17.6. The Morgan fingerprint density at radius 1 is 1.13 bits per heavy atom. The summed E-state index contributed by atoms with van der Waals surface area (Å²) in [5.74, 6) is -0.0936. The Morgan fingerprint density at radius 2 is 1.65 bits per heavy atom. The molecule has 1 fully saturated rings. The fourth-order valence-electron chi connectivity index (χ4n) is 3.14. The lowest BCUT2D eigenvalue weighted by Gasteiger charge is -2.27. The Labute approximate surface area is 141 Å².